The van der Waals surface area contributed by atoms with Crippen molar-refractivity contribution in [2.45, 2.75) is 27.4 Å². The Morgan fingerprint density at radius 3 is 2.30 bits per heavy atom. The highest BCUT2D eigenvalue weighted by Crippen LogP contribution is 2.36. The van der Waals surface area contributed by atoms with Gasteiger partial charge in [0.15, 0.2) is 11.5 Å². The number of hydrogen-bond donors (Lipinski definition) is 1. The zero-order chi connectivity index (χ0) is 26.7. The van der Waals surface area contributed by atoms with E-state index in [9.17, 15) is 14.4 Å². The summed E-state index contributed by atoms with van der Waals surface area (Å²) in [7, 11) is 0. The number of urea groups is 1. The van der Waals surface area contributed by atoms with Crippen molar-refractivity contribution in [3.8, 4) is 11.5 Å². The van der Waals surface area contributed by atoms with Gasteiger partial charge in [-0.05, 0) is 108 Å². The maximum atomic E-state index is 13.3. The van der Waals surface area contributed by atoms with E-state index in [1.54, 1.807) is 36.4 Å². The molecule has 4 rings (SSSR count). The Morgan fingerprint density at radius 1 is 0.973 bits per heavy atom. The Hall–Kier alpha value is -3.37. The van der Waals surface area contributed by atoms with Gasteiger partial charge in [0.2, 0.25) is 0 Å². The molecule has 0 aromatic heterocycles. The number of nitrogens with one attached hydrogen (secondary N) is 1. The highest BCUT2D eigenvalue weighted by atomic mass is 127. The van der Waals surface area contributed by atoms with Gasteiger partial charge in [-0.25, -0.2) is 9.69 Å². The number of barbiturate groups is 1. The Balaban J connectivity index is 1.67. The van der Waals surface area contributed by atoms with Gasteiger partial charge in [-0.15, -0.1) is 0 Å². The van der Waals surface area contributed by atoms with Gasteiger partial charge in [0.25, 0.3) is 11.8 Å². The van der Waals surface area contributed by atoms with Crippen LogP contribution in [0.15, 0.2) is 60.2 Å². The number of imide groups is 2. The summed E-state index contributed by atoms with van der Waals surface area (Å²) in [4.78, 5) is 39.5. The van der Waals surface area contributed by atoms with E-state index >= 15 is 0 Å². The standard InChI is InChI=1S/C28H24ClIN2O5/c1-4-36-24-14-19(13-23(30)25(24)37-15-18-5-7-20(29)8-6-18)12-22-26(33)31-28(35)32(27(22)34)21-10-16(2)9-17(3)11-21/h5-14H,4,15H2,1-3H3,(H,31,33,35)/b22-12+. The van der Waals surface area contributed by atoms with Crippen LogP contribution in [0, 0.1) is 17.4 Å². The van der Waals surface area contributed by atoms with Crippen LogP contribution >= 0.6 is 34.2 Å². The molecule has 0 bridgehead atoms. The van der Waals surface area contributed by atoms with Crippen molar-refractivity contribution in [3.63, 3.8) is 0 Å². The fourth-order valence-electron chi connectivity index (χ4n) is 3.95. The van der Waals surface area contributed by atoms with E-state index in [1.807, 2.05) is 39.0 Å². The van der Waals surface area contributed by atoms with E-state index in [0.29, 0.717) is 41.0 Å². The molecular formula is C28H24ClIN2O5. The van der Waals surface area contributed by atoms with E-state index in [4.69, 9.17) is 21.1 Å². The van der Waals surface area contributed by atoms with E-state index in [1.165, 1.54) is 6.08 Å². The van der Waals surface area contributed by atoms with Crippen molar-refractivity contribution >= 4 is 63.8 Å². The van der Waals surface area contributed by atoms with Crippen LogP contribution in [0.4, 0.5) is 10.5 Å². The normalized spacial score (nSPS) is 14.7. The molecule has 0 radical (unpaired) electrons. The molecule has 3 aromatic rings. The van der Waals surface area contributed by atoms with E-state index < -0.39 is 17.8 Å². The Kier molecular flexibility index (Phi) is 8.19. The first kappa shape index (κ1) is 26.7. The molecule has 0 aliphatic carbocycles. The molecule has 0 atom stereocenters. The van der Waals surface area contributed by atoms with Gasteiger partial charge in [0.05, 0.1) is 15.9 Å². The largest absolute Gasteiger partial charge is 0.490 e. The fraction of sp³-hybridized carbons (Fsp3) is 0.179. The number of aryl methyl sites for hydroxylation is 2. The highest BCUT2D eigenvalue weighted by Gasteiger charge is 2.37. The van der Waals surface area contributed by atoms with Gasteiger partial charge in [0.1, 0.15) is 12.2 Å². The lowest BCUT2D eigenvalue weighted by atomic mass is 10.0. The molecule has 0 unspecified atom stereocenters. The molecular weight excluding hydrogens is 607 g/mol. The SMILES string of the molecule is CCOc1cc(/C=C2\C(=O)NC(=O)N(c3cc(C)cc(C)c3)C2=O)cc(I)c1OCc1ccc(Cl)cc1. The summed E-state index contributed by atoms with van der Waals surface area (Å²) < 4.78 is 12.6. The number of nitrogens with zero attached hydrogens (tertiary/aromatic N) is 1. The van der Waals surface area contributed by atoms with Gasteiger partial charge in [-0.2, -0.15) is 0 Å². The molecule has 190 valence electrons. The first-order valence-corrected chi connectivity index (χ1v) is 12.9. The third-order valence-corrected chi connectivity index (χ3v) is 6.56. The topological polar surface area (TPSA) is 84.9 Å². The number of rotatable bonds is 7. The number of carbonyl (C=O) groups is 3. The van der Waals surface area contributed by atoms with Crippen molar-refractivity contribution in [2.24, 2.45) is 0 Å². The number of benzene rings is 3. The Morgan fingerprint density at radius 2 is 1.65 bits per heavy atom. The van der Waals surface area contributed by atoms with Crippen LogP contribution in [0.2, 0.25) is 5.02 Å². The molecule has 1 N–H and O–H groups in total. The summed E-state index contributed by atoms with van der Waals surface area (Å²) in [5, 5.41) is 2.91. The summed E-state index contributed by atoms with van der Waals surface area (Å²) in [6.07, 6.45) is 1.45. The van der Waals surface area contributed by atoms with Crippen LogP contribution in [0.3, 0.4) is 0 Å². The molecule has 1 fully saturated rings. The summed E-state index contributed by atoms with van der Waals surface area (Å²) >= 11 is 8.09. The van der Waals surface area contributed by atoms with Crippen molar-refractivity contribution < 1.29 is 23.9 Å². The number of ether oxygens (including phenoxy) is 2. The molecule has 1 saturated heterocycles. The Bertz CT molecular complexity index is 1400. The van der Waals surface area contributed by atoms with E-state index in [2.05, 4.69) is 27.9 Å². The highest BCUT2D eigenvalue weighted by molar-refractivity contribution is 14.1. The van der Waals surface area contributed by atoms with Crippen molar-refractivity contribution in [1.82, 2.24) is 5.32 Å². The lowest BCUT2D eigenvalue weighted by Crippen LogP contribution is -2.54. The summed E-state index contributed by atoms with van der Waals surface area (Å²) in [6.45, 7) is 6.30. The van der Waals surface area contributed by atoms with Crippen molar-refractivity contribution in [2.75, 3.05) is 11.5 Å². The second-order valence-electron chi connectivity index (χ2n) is 8.48. The number of hydrogen-bond acceptors (Lipinski definition) is 5. The van der Waals surface area contributed by atoms with Gasteiger partial charge in [-0.1, -0.05) is 29.8 Å². The van der Waals surface area contributed by atoms with Gasteiger partial charge >= 0.3 is 6.03 Å². The van der Waals surface area contributed by atoms with Crippen LogP contribution < -0.4 is 19.7 Å². The van der Waals surface area contributed by atoms with Crippen LogP contribution in [-0.4, -0.2) is 24.5 Å². The second-order valence-corrected chi connectivity index (χ2v) is 10.1. The molecule has 4 amide bonds. The number of halogens is 2. The van der Waals surface area contributed by atoms with Gasteiger partial charge in [0, 0.05) is 5.02 Å². The molecule has 0 spiro atoms. The third-order valence-electron chi connectivity index (χ3n) is 5.51. The number of carbonyl (C=O) groups excluding carboxylic acids is 3. The Labute approximate surface area is 233 Å². The smallest absolute Gasteiger partial charge is 0.335 e. The molecule has 3 aromatic carbocycles. The predicted octanol–water partition coefficient (Wildman–Crippen LogP) is 6.21. The minimum atomic E-state index is -0.785. The molecule has 9 heteroatoms. The minimum absolute atomic E-state index is 0.160. The average Bonchev–Trinajstić information content (AvgIpc) is 2.82. The molecule has 7 nitrogen and oxygen atoms in total. The maximum absolute atomic E-state index is 13.3. The lowest BCUT2D eigenvalue weighted by molar-refractivity contribution is -0.122. The first-order valence-electron chi connectivity index (χ1n) is 11.5. The monoisotopic (exact) mass is 630 g/mol. The van der Waals surface area contributed by atoms with E-state index in [-0.39, 0.29) is 5.57 Å². The average molecular weight is 631 g/mol. The summed E-state index contributed by atoms with van der Waals surface area (Å²) in [5.41, 5.74) is 3.52. The van der Waals surface area contributed by atoms with Crippen molar-refractivity contribution in [3.05, 3.63) is 91.0 Å². The second kappa shape index (κ2) is 11.4. The fourth-order valence-corrected chi connectivity index (χ4v) is 4.86. The van der Waals surface area contributed by atoms with Crippen LogP contribution in [-0.2, 0) is 16.2 Å². The molecule has 1 heterocycles. The van der Waals surface area contributed by atoms with Gasteiger partial charge < -0.3 is 9.47 Å². The van der Waals surface area contributed by atoms with Crippen LogP contribution in [0.1, 0.15) is 29.2 Å². The quantitative estimate of drug-likeness (QED) is 0.191. The number of amides is 4. The maximum Gasteiger partial charge on any atom is 0.335 e. The van der Waals surface area contributed by atoms with Gasteiger partial charge in [-0.3, -0.25) is 14.9 Å². The summed E-state index contributed by atoms with van der Waals surface area (Å²) in [6, 6.07) is 15.4. The molecule has 1 aliphatic heterocycles. The third kappa shape index (κ3) is 6.14. The first-order chi connectivity index (χ1) is 17.7. The number of anilines is 1. The van der Waals surface area contributed by atoms with Crippen LogP contribution in [0.5, 0.6) is 11.5 Å². The van der Waals surface area contributed by atoms with Crippen molar-refractivity contribution in [1.29, 1.82) is 0 Å². The molecule has 1 aliphatic rings. The molecule has 37 heavy (non-hydrogen) atoms. The zero-order valence-electron chi connectivity index (χ0n) is 20.4. The van der Waals surface area contributed by atoms with E-state index in [0.717, 1.165) is 25.2 Å². The van der Waals surface area contributed by atoms with Crippen LogP contribution in [0.25, 0.3) is 6.08 Å². The predicted molar refractivity (Wildman–Crippen MR) is 151 cm³/mol. The summed E-state index contributed by atoms with van der Waals surface area (Å²) in [5.74, 6) is -0.437. The minimum Gasteiger partial charge on any atom is -0.490 e. The zero-order valence-corrected chi connectivity index (χ0v) is 23.3. The lowest BCUT2D eigenvalue weighted by Gasteiger charge is -2.27. The molecule has 0 saturated carbocycles.